The van der Waals surface area contributed by atoms with Gasteiger partial charge in [0.25, 0.3) is 0 Å². The van der Waals surface area contributed by atoms with Gasteiger partial charge < -0.3 is 0 Å². The van der Waals surface area contributed by atoms with Crippen molar-refractivity contribution in [2.24, 2.45) is 5.92 Å². The van der Waals surface area contributed by atoms with E-state index in [9.17, 15) is 13.2 Å². The third-order valence-electron chi connectivity index (χ3n) is 7.43. The van der Waals surface area contributed by atoms with Crippen LogP contribution in [0.25, 0.3) is 0 Å². The van der Waals surface area contributed by atoms with Crippen LogP contribution in [0.3, 0.4) is 0 Å². The number of aryl methyl sites for hydroxylation is 1. The topological polar surface area (TPSA) is 0 Å². The van der Waals surface area contributed by atoms with E-state index in [1.807, 2.05) is 6.07 Å². The quantitative estimate of drug-likeness (QED) is 0.387. The minimum Gasteiger partial charge on any atom is -0.251 e. The fourth-order valence-corrected chi connectivity index (χ4v) is 5.45. The number of alkyl halides is 2. The summed E-state index contributed by atoms with van der Waals surface area (Å²) in [5, 5.41) is 0.151. The van der Waals surface area contributed by atoms with Gasteiger partial charge in [-0.1, -0.05) is 55.3 Å². The SMILES string of the molecule is CCCc1ccc(C2CCC(CCF)CC2)cc1.Fc1cc(C2CCC(F)CC2)ccc1Cl. The van der Waals surface area contributed by atoms with E-state index in [0.29, 0.717) is 24.7 Å². The van der Waals surface area contributed by atoms with E-state index in [2.05, 4.69) is 31.2 Å². The Morgan fingerprint density at radius 3 is 1.97 bits per heavy atom. The fraction of sp³-hybridized carbons (Fsp3) is 0.586. The van der Waals surface area contributed by atoms with Gasteiger partial charge in [0.1, 0.15) is 12.0 Å². The van der Waals surface area contributed by atoms with Crippen molar-refractivity contribution < 1.29 is 13.2 Å². The highest BCUT2D eigenvalue weighted by Gasteiger charge is 2.23. The average Bonchev–Trinajstić information content (AvgIpc) is 2.83. The third kappa shape index (κ3) is 8.05. The van der Waals surface area contributed by atoms with Crippen molar-refractivity contribution in [1.82, 2.24) is 0 Å². The van der Waals surface area contributed by atoms with Crippen molar-refractivity contribution in [3.63, 3.8) is 0 Å². The third-order valence-corrected chi connectivity index (χ3v) is 7.73. The molecule has 2 aromatic rings. The van der Waals surface area contributed by atoms with Gasteiger partial charge in [-0.15, -0.1) is 0 Å². The second kappa shape index (κ2) is 13.4. The largest absolute Gasteiger partial charge is 0.251 e. The second-order valence-electron chi connectivity index (χ2n) is 9.81. The summed E-state index contributed by atoms with van der Waals surface area (Å²) >= 11 is 5.61. The Kier molecular flexibility index (Phi) is 10.6. The van der Waals surface area contributed by atoms with Crippen LogP contribution in [-0.2, 0) is 6.42 Å². The number of hydrogen-bond donors (Lipinski definition) is 0. The van der Waals surface area contributed by atoms with Crippen LogP contribution in [0.15, 0.2) is 42.5 Å². The Morgan fingerprint density at radius 1 is 0.818 bits per heavy atom. The Bertz CT molecular complexity index is 819. The van der Waals surface area contributed by atoms with E-state index >= 15 is 0 Å². The van der Waals surface area contributed by atoms with Crippen LogP contribution in [0.2, 0.25) is 5.02 Å². The zero-order valence-electron chi connectivity index (χ0n) is 19.8. The highest BCUT2D eigenvalue weighted by molar-refractivity contribution is 6.30. The summed E-state index contributed by atoms with van der Waals surface area (Å²) in [7, 11) is 0. The Morgan fingerprint density at radius 2 is 1.39 bits per heavy atom. The molecule has 33 heavy (non-hydrogen) atoms. The van der Waals surface area contributed by atoms with Crippen molar-refractivity contribution in [3.05, 3.63) is 70.0 Å². The number of rotatable bonds is 6. The molecule has 0 aromatic heterocycles. The molecule has 0 aliphatic heterocycles. The first-order valence-electron chi connectivity index (χ1n) is 12.7. The molecule has 2 saturated carbocycles. The van der Waals surface area contributed by atoms with Crippen LogP contribution in [0.4, 0.5) is 13.2 Å². The summed E-state index contributed by atoms with van der Waals surface area (Å²) in [5.41, 5.74) is 3.89. The first-order chi connectivity index (χ1) is 16.0. The lowest BCUT2D eigenvalue weighted by Gasteiger charge is -2.28. The van der Waals surface area contributed by atoms with Crippen molar-refractivity contribution in [2.45, 2.75) is 95.6 Å². The van der Waals surface area contributed by atoms with Gasteiger partial charge in [0.15, 0.2) is 0 Å². The summed E-state index contributed by atoms with van der Waals surface area (Å²) in [6, 6.07) is 14.1. The Hall–Kier alpha value is -1.48. The first-order valence-corrected chi connectivity index (χ1v) is 13.1. The molecule has 2 aromatic carbocycles. The van der Waals surface area contributed by atoms with E-state index in [0.717, 1.165) is 30.7 Å². The summed E-state index contributed by atoms with van der Waals surface area (Å²) in [5.74, 6) is 1.28. The Balaban J connectivity index is 0.000000189. The summed E-state index contributed by atoms with van der Waals surface area (Å²) < 4.78 is 38.4. The summed E-state index contributed by atoms with van der Waals surface area (Å²) in [6.45, 7) is 2.08. The minimum atomic E-state index is -0.668. The highest BCUT2D eigenvalue weighted by Crippen LogP contribution is 2.37. The van der Waals surface area contributed by atoms with Gasteiger partial charge >= 0.3 is 0 Å². The molecule has 4 rings (SSSR count). The predicted octanol–water partition coefficient (Wildman–Crippen LogP) is 9.75. The molecule has 2 aliphatic carbocycles. The molecule has 0 atom stereocenters. The molecule has 2 fully saturated rings. The van der Waals surface area contributed by atoms with E-state index in [1.54, 1.807) is 6.07 Å². The zero-order chi connectivity index (χ0) is 23.6. The van der Waals surface area contributed by atoms with Crippen LogP contribution < -0.4 is 0 Å². The standard InChI is InChI=1S/C17H25F.C12H13ClF2/c1-2-3-14-4-8-16(9-5-14)17-10-6-15(7-11-17)12-13-18;13-11-6-3-9(7-12(11)15)8-1-4-10(14)5-2-8/h4-5,8-9,15,17H,2-3,6-7,10-13H2,1H3;3,6-8,10H,1-2,4-5H2. The summed E-state index contributed by atoms with van der Waals surface area (Å²) in [6.07, 6.45) is 10.2. The van der Waals surface area contributed by atoms with Gasteiger partial charge in [-0.3, -0.25) is 4.39 Å². The van der Waals surface area contributed by atoms with Gasteiger partial charge in [0.05, 0.1) is 11.7 Å². The molecule has 0 heterocycles. The van der Waals surface area contributed by atoms with E-state index in [-0.39, 0.29) is 17.5 Å². The highest BCUT2D eigenvalue weighted by atomic mass is 35.5. The van der Waals surface area contributed by atoms with E-state index in [4.69, 9.17) is 11.6 Å². The molecule has 0 bridgehead atoms. The lowest BCUT2D eigenvalue weighted by molar-refractivity contribution is 0.235. The van der Waals surface area contributed by atoms with Crippen LogP contribution in [-0.4, -0.2) is 12.8 Å². The molecule has 2 aliphatic rings. The molecule has 182 valence electrons. The normalized spacial score (nSPS) is 25.2. The maximum absolute atomic E-state index is 13.2. The van der Waals surface area contributed by atoms with E-state index in [1.165, 1.54) is 55.7 Å². The van der Waals surface area contributed by atoms with Gasteiger partial charge in [0.2, 0.25) is 0 Å². The van der Waals surface area contributed by atoms with E-state index < -0.39 is 6.17 Å². The lowest BCUT2D eigenvalue weighted by Crippen LogP contribution is -2.13. The van der Waals surface area contributed by atoms with Crippen LogP contribution in [0.5, 0.6) is 0 Å². The average molecular weight is 479 g/mol. The first kappa shape index (κ1) is 26.1. The van der Waals surface area contributed by atoms with Crippen molar-refractivity contribution >= 4 is 11.6 Å². The van der Waals surface area contributed by atoms with Crippen molar-refractivity contribution in [2.75, 3.05) is 6.67 Å². The zero-order valence-corrected chi connectivity index (χ0v) is 20.6. The molecule has 0 radical (unpaired) electrons. The monoisotopic (exact) mass is 478 g/mol. The maximum atomic E-state index is 13.2. The van der Waals surface area contributed by atoms with Gasteiger partial charge in [-0.25, -0.2) is 8.78 Å². The molecule has 0 unspecified atom stereocenters. The molecular formula is C29H38ClF3. The molecule has 0 spiro atoms. The van der Waals surface area contributed by atoms with Crippen LogP contribution in [0.1, 0.15) is 99.7 Å². The fourth-order valence-electron chi connectivity index (χ4n) is 5.34. The lowest BCUT2D eigenvalue weighted by atomic mass is 9.77. The second-order valence-corrected chi connectivity index (χ2v) is 10.2. The molecule has 0 N–H and O–H groups in total. The molecule has 0 amide bonds. The minimum absolute atomic E-state index is 0.138. The van der Waals surface area contributed by atoms with Gasteiger partial charge in [0, 0.05) is 0 Å². The summed E-state index contributed by atoms with van der Waals surface area (Å²) in [4.78, 5) is 0. The van der Waals surface area contributed by atoms with Gasteiger partial charge in [-0.2, -0.15) is 0 Å². The molecular weight excluding hydrogens is 441 g/mol. The molecule has 0 saturated heterocycles. The Labute approximate surface area is 202 Å². The van der Waals surface area contributed by atoms with Crippen LogP contribution >= 0.6 is 11.6 Å². The van der Waals surface area contributed by atoms with Gasteiger partial charge in [-0.05, 0) is 111 Å². The van der Waals surface area contributed by atoms with Crippen LogP contribution in [0, 0.1) is 11.7 Å². The number of hydrogen-bond acceptors (Lipinski definition) is 0. The van der Waals surface area contributed by atoms with Crippen molar-refractivity contribution in [1.29, 1.82) is 0 Å². The maximum Gasteiger partial charge on any atom is 0.142 e. The smallest absolute Gasteiger partial charge is 0.142 e. The van der Waals surface area contributed by atoms with Crippen molar-refractivity contribution in [3.8, 4) is 0 Å². The number of benzene rings is 2. The molecule has 4 heteroatoms. The predicted molar refractivity (Wildman–Crippen MR) is 133 cm³/mol. The molecule has 0 nitrogen and oxygen atoms in total. The number of halogens is 4.